The highest BCUT2D eigenvalue weighted by Crippen LogP contribution is 2.49. The van der Waals surface area contributed by atoms with E-state index in [1.165, 1.54) is 11.1 Å². The zero-order valence-electron chi connectivity index (χ0n) is 22.2. The summed E-state index contributed by atoms with van der Waals surface area (Å²) in [5.74, 6) is -2.39. The van der Waals surface area contributed by atoms with Crippen molar-refractivity contribution in [2.45, 2.75) is 51.7 Å². The van der Waals surface area contributed by atoms with E-state index < -0.39 is 35.1 Å². The molecule has 0 bridgehead atoms. The minimum atomic E-state index is -4.72. The number of carbonyl (C=O) groups is 2. The third kappa shape index (κ3) is 5.72. The van der Waals surface area contributed by atoms with Crippen LogP contribution in [0.2, 0.25) is 0 Å². The molecule has 4 rings (SSSR count). The number of nitrogens with one attached hydrogen (secondary N) is 1. The van der Waals surface area contributed by atoms with Crippen LogP contribution < -0.4 is 5.32 Å². The molecule has 2 aromatic rings. The number of nitrogens with zero attached hydrogens (tertiary/aromatic N) is 2. The highest BCUT2D eigenvalue weighted by Gasteiger charge is 2.48. The third-order valence-corrected chi connectivity index (χ3v) is 8.13. The lowest BCUT2D eigenvalue weighted by molar-refractivity contribution is -0.138. The summed E-state index contributed by atoms with van der Waals surface area (Å²) < 4.78 is 53.6. The van der Waals surface area contributed by atoms with Gasteiger partial charge in [0.25, 0.3) is 5.91 Å². The van der Waals surface area contributed by atoms with Crippen molar-refractivity contribution >= 4 is 11.8 Å². The predicted octanol–water partition coefficient (Wildman–Crippen LogP) is 5.25. The molecule has 0 aromatic heterocycles. The first-order valence-electron chi connectivity index (χ1n) is 13.0. The van der Waals surface area contributed by atoms with Crippen LogP contribution in [0.15, 0.2) is 42.5 Å². The largest absolute Gasteiger partial charge is 0.416 e. The smallest absolute Gasteiger partial charge is 0.341 e. The Balaban J connectivity index is 1.47. The van der Waals surface area contributed by atoms with E-state index in [-0.39, 0.29) is 17.2 Å². The molecule has 2 aromatic carbocycles. The van der Waals surface area contributed by atoms with Crippen molar-refractivity contribution in [1.29, 1.82) is 0 Å². The molecule has 38 heavy (non-hydrogen) atoms. The SMILES string of the molecule is Cc1ccc(C2CN(C)CC23CCN(C(=O)[C@H](NC(=O)c2cc(C(F)(F)F)ccc2F)C(C)C)CC3)cc1. The van der Waals surface area contributed by atoms with Crippen LogP contribution in [0.25, 0.3) is 0 Å². The Morgan fingerprint density at radius 2 is 1.68 bits per heavy atom. The fourth-order valence-corrected chi connectivity index (χ4v) is 5.96. The highest BCUT2D eigenvalue weighted by molar-refractivity contribution is 5.98. The minimum absolute atomic E-state index is 0.0402. The molecule has 1 unspecified atom stereocenters. The number of likely N-dealkylation sites (N-methyl/N-ethyl adjacent to an activating group) is 1. The number of likely N-dealkylation sites (tertiary alicyclic amines) is 2. The molecule has 9 heteroatoms. The van der Waals surface area contributed by atoms with Crippen molar-refractivity contribution in [3.63, 3.8) is 0 Å². The van der Waals surface area contributed by atoms with Gasteiger partial charge in [0.1, 0.15) is 11.9 Å². The summed E-state index contributed by atoms with van der Waals surface area (Å²) in [5, 5.41) is 2.51. The highest BCUT2D eigenvalue weighted by atomic mass is 19.4. The fourth-order valence-electron chi connectivity index (χ4n) is 5.96. The molecule has 0 aliphatic carbocycles. The minimum Gasteiger partial charge on any atom is -0.341 e. The number of alkyl halides is 3. The molecule has 0 saturated carbocycles. The monoisotopic (exact) mass is 533 g/mol. The molecule has 2 aliphatic rings. The van der Waals surface area contributed by atoms with E-state index in [1.807, 2.05) is 0 Å². The molecule has 0 radical (unpaired) electrons. The number of carbonyl (C=O) groups excluding carboxylic acids is 2. The first-order valence-corrected chi connectivity index (χ1v) is 13.0. The maximum Gasteiger partial charge on any atom is 0.416 e. The lowest BCUT2D eigenvalue weighted by Gasteiger charge is -2.44. The summed E-state index contributed by atoms with van der Waals surface area (Å²) in [5.41, 5.74) is 0.697. The summed E-state index contributed by atoms with van der Waals surface area (Å²) in [4.78, 5) is 30.4. The van der Waals surface area contributed by atoms with Crippen LogP contribution in [-0.2, 0) is 11.0 Å². The molecule has 2 fully saturated rings. The second-order valence-electron chi connectivity index (χ2n) is 11.2. The summed E-state index contributed by atoms with van der Waals surface area (Å²) in [7, 11) is 2.12. The van der Waals surface area contributed by atoms with Crippen LogP contribution in [0.1, 0.15) is 59.7 Å². The Labute approximate surface area is 221 Å². The molecule has 1 N–H and O–H groups in total. The van der Waals surface area contributed by atoms with E-state index in [1.54, 1.807) is 18.7 Å². The van der Waals surface area contributed by atoms with Crippen molar-refractivity contribution in [1.82, 2.24) is 15.1 Å². The van der Waals surface area contributed by atoms with Crippen LogP contribution in [0, 0.1) is 24.1 Å². The molecule has 206 valence electrons. The fraction of sp³-hybridized carbons (Fsp3) is 0.517. The molecular weight excluding hydrogens is 498 g/mol. The molecule has 5 nitrogen and oxygen atoms in total. The average molecular weight is 534 g/mol. The maximum atomic E-state index is 14.3. The van der Waals surface area contributed by atoms with Crippen molar-refractivity contribution in [2.75, 3.05) is 33.2 Å². The number of aryl methyl sites for hydroxylation is 1. The van der Waals surface area contributed by atoms with Gasteiger partial charge in [-0.15, -0.1) is 0 Å². The number of hydrogen-bond acceptors (Lipinski definition) is 3. The van der Waals surface area contributed by atoms with E-state index >= 15 is 0 Å². The Hall–Kier alpha value is -2.94. The molecular formula is C29H35F4N3O2. The average Bonchev–Trinajstić information content (AvgIpc) is 3.17. The number of rotatable bonds is 5. The molecule has 2 saturated heterocycles. The van der Waals surface area contributed by atoms with Gasteiger partial charge in [-0.05, 0) is 61.9 Å². The van der Waals surface area contributed by atoms with E-state index in [2.05, 4.69) is 48.5 Å². The number of piperidine rings is 1. The lowest BCUT2D eigenvalue weighted by atomic mass is 9.68. The number of benzene rings is 2. The van der Waals surface area contributed by atoms with Gasteiger partial charge in [-0.3, -0.25) is 9.59 Å². The molecule has 2 amide bonds. The third-order valence-electron chi connectivity index (χ3n) is 8.13. The molecule has 2 aliphatic heterocycles. The van der Waals surface area contributed by atoms with Crippen molar-refractivity contribution < 1.29 is 27.2 Å². The molecule has 2 heterocycles. The van der Waals surface area contributed by atoms with Gasteiger partial charge in [-0.2, -0.15) is 13.2 Å². The van der Waals surface area contributed by atoms with Gasteiger partial charge in [-0.25, -0.2) is 4.39 Å². The van der Waals surface area contributed by atoms with Gasteiger partial charge in [0.2, 0.25) is 5.91 Å². The van der Waals surface area contributed by atoms with Crippen molar-refractivity contribution in [2.24, 2.45) is 11.3 Å². The lowest BCUT2D eigenvalue weighted by Crippen LogP contribution is -2.54. The van der Waals surface area contributed by atoms with Crippen LogP contribution in [0.4, 0.5) is 17.6 Å². The van der Waals surface area contributed by atoms with Crippen LogP contribution in [0.5, 0.6) is 0 Å². The van der Waals surface area contributed by atoms with E-state index in [0.717, 1.165) is 25.9 Å². The van der Waals surface area contributed by atoms with Gasteiger partial charge in [0, 0.05) is 32.1 Å². The maximum absolute atomic E-state index is 14.3. The molecule has 2 atom stereocenters. The molecule has 1 spiro atoms. The first kappa shape index (κ1) is 28.1. The quantitative estimate of drug-likeness (QED) is 0.535. The van der Waals surface area contributed by atoms with Crippen LogP contribution in [0.3, 0.4) is 0 Å². The summed E-state index contributed by atoms with van der Waals surface area (Å²) in [6.07, 6.45) is -3.10. The Kier molecular flexibility index (Phi) is 7.89. The van der Waals surface area contributed by atoms with Gasteiger partial charge >= 0.3 is 6.18 Å². The number of amides is 2. The van der Waals surface area contributed by atoms with Gasteiger partial charge in [0.15, 0.2) is 0 Å². The number of halogens is 4. The van der Waals surface area contributed by atoms with E-state index in [0.29, 0.717) is 37.2 Å². The number of hydrogen-bond donors (Lipinski definition) is 1. The summed E-state index contributed by atoms with van der Waals surface area (Å²) in [6.45, 7) is 8.48. The Morgan fingerprint density at radius 3 is 2.26 bits per heavy atom. The van der Waals surface area contributed by atoms with Gasteiger partial charge < -0.3 is 15.1 Å². The topological polar surface area (TPSA) is 52.6 Å². The van der Waals surface area contributed by atoms with Crippen molar-refractivity contribution in [3.8, 4) is 0 Å². The zero-order chi connectivity index (χ0) is 27.8. The van der Waals surface area contributed by atoms with Gasteiger partial charge in [-0.1, -0.05) is 43.7 Å². The predicted molar refractivity (Wildman–Crippen MR) is 137 cm³/mol. The van der Waals surface area contributed by atoms with E-state index in [9.17, 15) is 27.2 Å². The Bertz CT molecular complexity index is 1170. The second kappa shape index (κ2) is 10.7. The standard InChI is InChI=1S/C29H35F4N3O2/c1-18(2)25(34-26(37)22-15-21(29(31,32)33)9-10-24(22)30)27(38)36-13-11-28(12-14-36)17-35(4)16-23(28)20-7-5-19(3)6-8-20/h5-10,15,18,23,25H,11-14,16-17H2,1-4H3,(H,34,37)/t23?,25-/m1/s1. The van der Waals surface area contributed by atoms with Crippen LogP contribution in [-0.4, -0.2) is 60.9 Å². The summed E-state index contributed by atoms with van der Waals surface area (Å²) in [6, 6.07) is 9.35. The van der Waals surface area contributed by atoms with Gasteiger partial charge in [0.05, 0.1) is 11.1 Å². The van der Waals surface area contributed by atoms with Crippen LogP contribution >= 0.6 is 0 Å². The van der Waals surface area contributed by atoms with Crippen molar-refractivity contribution in [3.05, 3.63) is 70.5 Å². The van der Waals surface area contributed by atoms with E-state index in [4.69, 9.17) is 0 Å². The first-order chi connectivity index (χ1) is 17.8. The normalized spacial score (nSPS) is 20.7. The second-order valence-corrected chi connectivity index (χ2v) is 11.2. The summed E-state index contributed by atoms with van der Waals surface area (Å²) >= 11 is 0. The Morgan fingerprint density at radius 1 is 1.05 bits per heavy atom. The zero-order valence-corrected chi connectivity index (χ0v) is 22.2.